The van der Waals surface area contributed by atoms with Gasteiger partial charge in [-0.3, -0.25) is 4.68 Å². The fourth-order valence-corrected chi connectivity index (χ4v) is 4.42. The molecule has 0 N–H and O–H groups in total. The van der Waals surface area contributed by atoms with Gasteiger partial charge < -0.3 is 4.79 Å². The first-order chi connectivity index (χ1) is 13.5. The van der Waals surface area contributed by atoms with Crippen molar-refractivity contribution in [3.05, 3.63) is 71.0 Å². The summed E-state index contributed by atoms with van der Waals surface area (Å²) in [5.74, 6) is 0.285. The van der Waals surface area contributed by atoms with Crippen molar-refractivity contribution in [2.75, 3.05) is 0 Å². The summed E-state index contributed by atoms with van der Waals surface area (Å²) in [6, 6.07) is 15.1. The van der Waals surface area contributed by atoms with Crippen LogP contribution in [0.25, 0.3) is 11.1 Å². The van der Waals surface area contributed by atoms with Crippen LogP contribution in [0.1, 0.15) is 48.9 Å². The molecule has 0 amide bonds. The monoisotopic (exact) mass is 360 g/mol. The number of rotatable bonds is 7. The molecule has 0 radical (unpaired) electrons. The molecule has 0 saturated heterocycles. The van der Waals surface area contributed by atoms with E-state index in [1.807, 2.05) is 13.2 Å². The maximum atomic E-state index is 11.8. The molecule has 0 bridgehead atoms. The van der Waals surface area contributed by atoms with Crippen molar-refractivity contribution in [3.63, 3.8) is 0 Å². The lowest BCUT2D eigenvalue weighted by Crippen LogP contribution is -2.14. The highest BCUT2D eigenvalue weighted by Crippen LogP contribution is 2.50. The third-order valence-electron chi connectivity index (χ3n) is 5.60. The van der Waals surface area contributed by atoms with Crippen LogP contribution < -0.4 is 0 Å². The minimum absolute atomic E-state index is 0.117. The maximum Gasteiger partial charge on any atom is 0.120 e. The SMILES string of the molecule is [2H]C(=O)CC(CCCc1cn(C)nn1)C1c2ccccc2-c2ccc(C)cc21. The molecule has 0 fully saturated rings. The lowest BCUT2D eigenvalue weighted by Gasteiger charge is -2.24. The summed E-state index contributed by atoms with van der Waals surface area (Å²) in [6.07, 6.45) is 4.39. The van der Waals surface area contributed by atoms with Crippen LogP contribution in [0.15, 0.2) is 48.7 Å². The van der Waals surface area contributed by atoms with Crippen molar-refractivity contribution in [1.29, 1.82) is 0 Å². The highest BCUT2D eigenvalue weighted by molar-refractivity contribution is 5.79. The zero-order chi connectivity index (χ0) is 19.7. The van der Waals surface area contributed by atoms with Gasteiger partial charge in [-0.25, -0.2) is 0 Å². The second-order valence-electron chi connectivity index (χ2n) is 7.54. The lowest BCUT2D eigenvalue weighted by atomic mass is 9.79. The first-order valence-electron chi connectivity index (χ1n) is 10.1. The van der Waals surface area contributed by atoms with Gasteiger partial charge in [-0.15, -0.1) is 5.10 Å². The predicted molar refractivity (Wildman–Crippen MR) is 107 cm³/mol. The van der Waals surface area contributed by atoms with Crippen molar-refractivity contribution in [2.24, 2.45) is 13.0 Å². The Bertz CT molecular complexity index is 1010. The number of hydrogen-bond donors (Lipinski definition) is 0. The van der Waals surface area contributed by atoms with E-state index < -0.39 is 6.26 Å². The van der Waals surface area contributed by atoms with E-state index in [-0.39, 0.29) is 18.3 Å². The number of benzene rings is 2. The van der Waals surface area contributed by atoms with Gasteiger partial charge in [0, 0.05) is 25.6 Å². The number of carbonyl (C=O) groups excluding carboxylic acids is 1. The number of hydrogen-bond acceptors (Lipinski definition) is 3. The molecule has 1 aromatic heterocycles. The molecule has 1 heterocycles. The summed E-state index contributed by atoms with van der Waals surface area (Å²) in [7, 11) is 1.87. The quantitative estimate of drug-likeness (QED) is 0.584. The van der Waals surface area contributed by atoms with Crippen molar-refractivity contribution in [1.82, 2.24) is 15.0 Å². The Hall–Kier alpha value is -2.75. The van der Waals surface area contributed by atoms with Crippen LogP contribution in [0.2, 0.25) is 0 Å². The number of aldehydes is 1. The van der Waals surface area contributed by atoms with Crippen LogP contribution in [0, 0.1) is 12.8 Å². The van der Waals surface area contributed by atoms with Gasteiger partial charge in [0.1, 0.15) is 7.63 Å². The van der Waals surface area contributed by atoms with Crippen molar-refractivity contribution in [2.45, 2.75) is 38.5 Å². The molecule has 4 heteroatoms. The molecule has 0 saturated carbocycles. The third kappa shape index (κ3) is 3.44. The highest BCUT2D eigenvalue weighted by Gasteiger charge is 2.33. The van der Waals surface area contributed by atoms with Gasteiger partial charge in [0.15, 0.2) is 0 Å². The number of carbonyl (C=O) groups is 1. The molecule has 3 aromatic rings. The predicted octanol–water partition coefficient (Wildman–Crippen LogP) is 4.46. The van der Waals surface area contributed by atoms with E-state index in [1.165, 1.54) is 27.8 Å². The molecule has 2 aromatic carbocycles. The van der Waals surface area contributed by atoms with Crippen LogP contribution in [-0.2, 0) is 18.3 Å². The van der Waals surface area contributed by atoms with Crippen LogP contribution in [0.3, 0.4) is 0 Å². The Balaban J connectivity index is 1.63. The minimum atomic E-state index is -0.483. The Labute approximate surface area is 161 Å². The topological polar surface area (TPSA) is 47.8 Å². The summed E-state index contributed by atoms with van der Waals surface area (Å²) in [6.45, 7) is 2.11. The summed E-state index contributed by atoms with van der Waals surface area (Å²) in [5, 5.41) is 8.16. The molecule has 4 rings (SSSR count). The number of aromatic nitrogens is 3. The number of aryl methyl sites for hydroxylation is 3. The Morgan fingerprint density at radius 2 is 2.04 bits per heavy atom. The van der Waals surface area contributed by atoms with Gasteiger partial charge >= 0.3 is 0 Å². The molecule has 2 unspecified atom stereocenters. The second kappa shape index (κ2) is 7.47. The van der Waals surface area contributed by atoms with Gasteiger partial charge in [-0.2, -0.15) is 0 Å². The lowest BCUT2D eigenvalue weighted by molar-refractivity contribution is -0.108. The molecule has 0 aliphatic heterocycles. The largest absolute Gasteiger partial charge is 0.303 e. The van der Waals surface area contributed by atoms with E-state index in [0.717, 1.165) is 25.0 Å². The van der Waals surface area contributed by atoms with E-state index in [9.17, 15) is 4.79 Å². The van der Waals surface area contributed by atoms with Crippen LogP contribution in [0.5, 0.6) is 0 Å². The Morgan fingerprint density at radius 1 is 1.22 bits per heavy atom. The average molecular weight is 360 g/mol. The molecular weight excluding hydrogens is 334 g/mol. The first kappa shape index (κ1) is 16.4. The van der Waals surface area contributed by atoms with Gasteiger partial charge in [0.05, 0.1) is 5.69 Å². The van der Waals surface area contributed by atoms with E-state index in [2.05, 4.69) is 59.7 Å². The van der Waals surface area contributed by atoms with E-state index in [1.54, 1.807) is 4.68 Å². The molecule has 138 valence electrons. The zero-order valence-electron chi connectivity index (χ0n) is 16.9. The first-order valence-corrected chi connectivity index (χ1v) is 9.57. The third-order valence-corrected chi connectivity index (χ3v) is 5.60. The Kier molecular flexibility index (Phi) is 4.55. The molecule has 1 aliphatic carbocycles. The standard InChI is InChI=1S/C23H25N3O/c1-16-10-11-20-19-8-3-4-9-21(19)23(22(20)14-16)17(12-13-27)6-5-7-18-15-26(2)25-24-18/h3-4,8-11,13-15,17,23H,5-7,12H2,1-2H3/i13D. The van der Waals surface area contributed by atoms with Gasteiger partial charge in [-0.05, 0) is 54.4 Å². The van der Waals surface area contributed by atoms with E-state index in [0.29, 0.717) is 0 Å². The summed E-state index contributed by atoms with van der Waals surface area (Å²) in [4.78, 5) is 11.8. The molecule has 27 heavy (non-hydrogen) atoms. The van der Waals surface area contributed by atoms with Crippen LogP contribution in [-0.4, -0.2) is 21.3 Å². The fraction of sp³-hybridized carbons (Fsp3) is 0.348. The van der Waals surface area contributed by atoms with E-state index in [4.69, 9.17) is 1.37 Å². The van der Waals surface area contributed by atoms with Gasteiger partial charge in [0.2, 0.25) is 0 Å². The summed E-state index contributed by atoms with van der Waals surface area (Å²) >= 11 is 0. The van der Waals surface area contributed by atoms with Crippen molar-refractivity contribution < 1.29 is 6.17 Å². The second-order valence-corrected chi connectivity index (χ2v) is 7.54. The highest BCUT2D eigenvalue weighted by atomic mass is 16.1. The smallest absolute Gasteiger partial charge is 0.120 e. The minimum Gasteiger partial charge on any atom is -0.303 e. The molecular formula is C23H25N3O. The zero-order valence-corrected chi connectivity index (χ0v) is 15.9. The van der Waals surface area contributed by atoms with Crippen LogP contribution >= 0.6 is 0 Å². The summed E-state index contributed by atoms with van der Waals surface area (Å²) < 4.78 is 9.34. The molecule has 2 atom stereocenters. The number of fused-ring (bicyclic) bond motifs is 3. The van der Waals surface area contributed by atoms with E-state index >= 15 is 0 Å². The molecule has 0 spiro atoms. The number of nitrogens with zero attached hydrogens (tertiary/aromatic N) is 3. The van der Waals surface area contributed by atoms with Crippen LogP contribution in [0.4, 0.5) is 0 Å². The van der Waals surface area contributed by atoms with Crippen molar-refractivity contribution >= 4 is 6.26 Å². The molecule has 1 aliphatic rings. The van der Waals surface area contributed by atoms with Gasteiger partial charge in [-0.1, -0.05) is 53.2 Å². The fourth-order valence-electron chi connectivity index (χ4n) is 4.42. The van der Waals surface area contributed by atoms with Crippen molar-refractivity contribution in [3.8, 4) is 11.1 Å². The molecule has 4 nitrogen and oxygen atoms in total. The summed E-state index contributed by atoms with van der Waals surface area (Å²) in [5.41, 5.74) is 7.32. The Morgan fingerprint density at radius 3 is 2.81 bits per heavy atom. The average Bonchev–Trinajstić information content (AvgIpc) is 3.21. The maximum absolute atomic E-state index is 11.8. The normalized spacial score (nSPS) is 16.5. The van der Waals surface area contributed by atoms with Gasteiger partial charge in [0.25, 0.3) is 0 Å².